The van der Waals surface area contributed by atoms with Crippen molar-refractivity contribution in [3.8, 4) is 0 Å². The molecule has 1 aromatic rings. The maximum atomic E-state index is 9.87. The minimum absolute atomic E-state index is 0.293. The van der Waals surface area contributed by atoms with Crippen molar-refractivity contribution in [2.75, 3.05) is 6.61 Å². The summed E-state index contributed by atoms with van der Waals surface area (Å²) in [7, 11) is 0. The Kier molecular flexibility index (Phi) is 4.31. The molecule has 0 bridgehead atoms. The van der Waals surface area contributed by atoms with Crippen molar-refractivity contribution >= 4 is 0 Å². The van der Waals surface area contributed by atoms with Crippen LogP contribution in [0.2, 0.25) is 0 Å². The number of pyridine rings is 1. The van der Waals surface area contributed by atoms with Gasteiger partial charge in [0.05, 0.1) is 12.2 Å². The summed E-state index contributed by atoms with van der Waals surface area (Å²) in [6, 6.07) is 5.80. The van der Waals surface area contributed by atoms with E-state index in [1.54, 1.807) is 6.20 Å². The molecule has 2 atom stereocenters. The van der Waals surface area contributed by atoms with Gasteiger partial charge in [-0.15, -0.1) is 0 Å². The predicted molar refractivity (Wildman–Crippen MR) is 62.2 cm³/mol. The molecule has 0 aromatic carbocycles. The van der Waals surface area contributed by atoms with Gasteiger partial charge in [-0.1, -0.05) is 6.07 Å². The molecule has 0 saturated carbocycles. The minimum atomic E-state index is -0.293. The van der Waals surface area contributed by atoms with Crippen LogP contribution in [0.3, 0.4) is 0 Å². The molecule has 3 nitrogen and oxygen atoms in total. The normalized spacial score (nSPS) is 22.2. The van der Waals surface area contributed by atoms with Crippen LogP contribution < -0.4 is 0 Å². The van der Waals surface area contributed by atoms with E-state index in [1.165, 1.54) is 6.42 Å². The lowest BCUT2D eigenvalue weighted by atomic mass is 10.0. The lowest BCUT2D eigenvalue weighted by molar-refractivity contribution is 0.0811. The molecule has 0 aliphatic carbocycles. The number of aliphatic hydroxyl groups is 1. The van der Waals surface area contributed by atoms with E-state index in [-0.39, 0.29) is 6.10 Å². The van der Waals surface area contributed by atoms with E-state index in [1.807, 2.05) is 18.2 Å². The number of hydrogen-bond donors (Lipinski definition) is 1. The fraction of sp³-hybridized carbons (Fsp3) is 0.615. The third kappa shape index (κ3) is 3.58. The number of aliphatic hydroxyl groups excluding tert-OH is 1. The topological polar surface area (TPSA) is 42.4 Å². The first-order valence-electron chi connectivity index (χ1n) is 6.04. The number of hydrogen-bond acceptors (Lipinski definition) is 3. The van der Waals surface area contributed by atoms with E-state index in [0.717, 1.165) is 31.6 Å². The fourth-order valence-electron chi connectivity index (χ4n) is 2.11. The number of nitrogens with zero attached hydrogens (tertiary/aromatic N) is 1. The van der Waals surface area contributed by atoms with Gasteiger partial charge in [-0.25, -0.2) is 0 Å². The Bertz CT molecular complexity index is 296. The van der Waals surface area contributed by atoms with Gasteiger partial charge in [0.2, 0.25) is 0 Å². The lowest BCUT2D eigenvalue weighted by Gasteiger charge is -2.13. The quantitative estimate of drug-likeness (QED) is 0.826. The summed E-state index contributed by atoms with van der Waals surface area (Å²) in [5, 5.41) is 9.87. The zero-order valence-corrected chi connectivity index (χ0v) is 9.51. The summed E-state index contributed by atoms with van der Waals surface area (Å²) in [6.45, 7) is 0.890. The van der Waals surface area contributed by atoms with Crippen LogP contribution in [0, 0.1) is 0 Å². The molecule has 3 heteroatoms. The molecule has 88 valence electrons. The maximum absolute atomic E-state index is 9.87. The Balaban J connectivity index is 1.69. The van der Waals surface area contributed by atoms with Gasteiger partial charge in [-0.3, -0.25) is 4.98 Å². The molecule has 0 amide bonds. The number of aromatic nitrogens is 1. The van der Waals surface area contributed by atoms with Gasteiger partial charge >= 0.3 is 0 Å². The van der Waals surface area contributed by atoms with Gasteiger partial charge in [0.15, 0.2) is 0 Å². The van der Waals surface area contributed by atoms with Gasteiger partial charge < -0.3 is 9.84 Å². The molecule has 1 aliphatic heterocycles. The summed E-state index contributed by atoms with van der Waals surface area (Å²) in [5.74, 6) is 0. The van der Waals surface area contributed by atoms with Crippen LogP contribution in [0.5, 0.6) is 0 Å². The van der Waals surface area contributed by atoms with Gasteiger partial charge in [-0.2, -0.15) is 0 Å². The second-order valence-corrected chi connectivity index (χ2v) is 4.39. The van der Waals surface area contributed by atoms with E-state index in [2.05, 4.69) is 4.98 Å². The van der Waals surface area contributed by atoms with Crippen LogP contribution in [-0.2, 0) is 11.2 Å². The van der Waals surface area contributed by atoms with Gasteiger partial charge in [0.25, 0.3) is 0 Å². The third-order valence-corrected chi connectivity index (χ3v) is 3.02. The maximum Gasteiger partial charge on any atom is 0.0596 e. The predicted octanol–water partition coefficient (Wildman–Crippen LogP) is 1.94. The summed E-state index contributed by atoms with van der Waals surface area (Å²) >= 11 is 0. The van der Waals surface area contributed by atoms with E-state index >= 15 is 0 Å². The fourth-order valence-corrected chi connectivity index (χ4v) is 2.11. The van der Waals surface area contributed by atoms with Gasteiger partial charge in [0.1, 0.15) is 0 Å². The third-order valence-electron chi connectivity index (χ3n) is 3.02. The average Bonchev–Trinajstić information content (AvgIpc) is 2.81. The highest BCUT2D eigenvalue weighted by molar-refractivity contribution is 5.04. The van der Waals surface area contributed by atoms with E-state index in [0.29, 0.717) is 12.5 Å². The zero-order valence-electron chi connectivity index (χ0n) is 9.51. The molecule has 2 heterocycles. The lowest BCUT2D eigenvalue weighted by Crippen LogP contribution is -2.15. The number of rotatable bonds is 5. The molecular formula is C13H19NO2. The minimum Gasteiger partial charge on any atom is -0.393 e. The molecule has 0 spiro atoms. The van der Waals surface area contributed by atoms with Crippen molar-refractivity contribution in [2.45, 2.75) is 44.3 Å². The summed E-state index contributed by atoms with van der Waals surface area (Å²) in [4.78, 5) is 4.21. The number of ether oxygens (including phenoxy) is 1. The highest BCUT2D eigenvalue weighted by atomic mass is 16.5. The van der Waals surface area contributed by atoms with Crippen molar-refractivity contribution in [1.82, 2.24) is 4.98 Å². The summed E-state index contributed by atoms with van der Waals surface area (Å²) < 4.78 is 5.53. The summed E-state index contributed by atoms with van der Waals surface area (Å²) in [6.07, 6.45) is 6.58. The van der Waals surface area contributed by atoms with Crippen molar-refractivity contribution in [3.63, 3.8) is 0 Å². The zero-order chi connectivity index (χ0) is 11.2. The Morgan fingerprint density at radius 2 is 2.44 bits per heavy atom. The molecule has 1 aromatic heterocycles. The average molecular weight is 221 g/mol. The van der Waals surface area contributed by atoms with Crippen LogP contribution >= 0.6 is 0 Å². The molecule has 2 rings (SSSR count). The molecule has 1 fully saturated rings. The van der Waals surface area contributed by atoms with Crippen molar-refractivity contribution in [2.24, 2.45) is 0 Å². The molecule has 1 aliphatic rings. The smallest absolute Gasteiger partial charge is 0.0596 e. The standard InChI is InChI=1S/C13H19NO2/c15-12(6-7-13-5-3-9-16-13)10-11-4-1-2-8-14-11/h1-2,4,8,12-13,15H,3,5-7,9-10H2. The van der Waals surface area contributed by atoms with Crippen LogP contribution in [-0.4, -0.2) is 28.9 Å². The van der Waals surface area contributed by atoms with Crippen LogP contribution in [0.4, 0.5) is 0 Å². The molecule has 1 N–H and O–H groups in total. The highest BCUT2D eigenvalue weighted by Gasteiger charge is 2.17. The Morgan fingerprint density at radius 1 is 1.50 bits per heavy atom. The largest absolute Gasteiger partial charge is 0.393 e. The Hall–Kier alpha value is -0.930. The van der Waals surface area contributed by atoms with Gasteiger partial charge in [-0.05, 0) is 37.8 Å². The first-order chi connectivity index (χ1) is 7.84. The van der Waals surface area contributed by atoms with Crippen LogP contribution in [0.25, 0.3) is 0 Å². The van der Waals surface area contributed by atoms with E-state index < -0.39 is 0 Å². The van der Waals surface area contributed by atoms with Crippen LogP contribution in [0.15, 0.2) is 24.4 Å². The highest BCUT2D eigenvalue weighted by Crippen LogP contribution is 2.18. The molecule has 1 saturated heterocycles. The summed E-state index contributed by atoms with van der Waals surface area (Å²) in [5.41, 5.74) is 0.961. The van der Waals surface area contributed by atoms with Crippen LogP contribution in [0.1, 0.15) is 31.4 Å². The first kappa shape index (κ1) is 11.6. The van der Waals surface area contributed by atoms with Crippen molar-refractivity contribution < 1.29 is 9.84 Å². The first-order valence-corrected chi connectivity index (χ1v) is 6.04. The SMILES string of the molecule is OC(CCC1CCCO1)Cc1ccccn1. The molecular weight excluding hydrogens is 202 g/mol. The molecule has 16 heavy (non-hydrogen) atoms. The molecule has 0 radical (unpaired) electrons. The second kappa shape index (κ2) is 5.97. The molecule has 2 unspecified atom stereocenters. The van der Waals surface area contributed by atoms with E-state index in [4.69, 9.17) is 4.74 Å². The van der Waals surface area contributed by atoms with E-state index in [9.17, 15) is 5.11 Å². The van der Waals surface area contributed by atoms with Gasteiger partial charge in [0, 0.05) is 24.9 Å². The second-order valence-electron chi connectivity index (χ2n) is 4.39. The van der Waals surface area contributed by atoms with Crippen molar-refractivity contribution in [3.05, 3.63) is 30.1 Å². The van der Waals surface area contributed by atoms with Crippen molar-refractivity contribution in [1.29, 1.82) is 0 Å². The Labute approximate surface area is 96.5 Å². The monoisotopic (exact) mass is 221 g/mol. The Morgan fingerprint density at radius 3 is 3.12 bits per heavy atom.